The topological polar surface area (TPSA) is 97.5 Å². The molecule has 3 fully saturated rings. The average molecular weight is 414 g/mol. The second-order valence-electron chi connectivity index (χ2n) is 7.49. The van der Waals surface area contributed by atoms with Crippen molar-refractivity contribution in [1.82, 2.24) is 15.0 Å². The first-order valence-electron chi connectivity index (χ1n) is 9.89. The van der Waals surface area contributed by atoms with Crippen LogP contribution in [0.3, 0.4) is 0 Å². The van der Waals surface area contributed by atoms with E-state index >= 15 is 0 Å². The lowest BCUT2D eigenvalue weighted by Gasteiger charge is -2.35. The molecule has 2 aromatic rings. The van der Waals surface area contributed by atoms with Crippen molar-refractivity contribution in [3.05, 3.63) is 34.4 Å². The van der Waals surface area contributed by atoms with Gasteiger partial charge >= 0.3 is 0 Å². The summed E-state index contributed by atoms with van der Waals surface area (Å²) in [6.45, 7) is 3.21. The smallest absolute Gasteiger partial charge is 0.269 e. The van der Waals surface area contributed by atoms with Gasteiger partial charge in [0, 0.05) is 42.3 Å². The summed E-state index contributed by atoms with van der Waals surface area (Å²) in [6, 6.07) is 7.00. The van der Waals surface area contributed by atoms with Crippen molar-refractivity contribution in [2.75, 3.05) is 47.6 Å². The van der Waals surface area contributed by atoms with Gasteiger partial charge in [-0.15, -0.1) is 0 Å². The molecular formula is C19H22N6O3S. The van der Waals surface area contributed by atoms with Crippen LogP contribution >= 0.6 is 11.8 Å². The van der Waals surface area contributed by atoms with E-state index < -0.39 is 4.92 Å². The van der Waals surface area contributed by atoms with Gasteiger partial charge in [0.15, 0.2) is 5.82 Å². The third-order valence-electron chi connectivity index (χ3n) is 5.71. The van der Waals surface area contributed by atoms with E-state index in [0.29, 0.717) is 43.0 Å². The molecule has 4 heterocycles. The van der Waals surface area contributed by atoms with Gasteiger partial charge in [-0.25, -0.2) is 0 Å². The quantitative estimate of drug-likeness (QED) is 0.551. The Morgan fingerprint density at radius 2 is 1.66 bits per heavy atom. The van der Waals surface area contributed by atoms with Gasteiger partial charge in [0.1, 0.15) is 0 Å². The Bertz CT molecular complexity index is 889. The molecule has 10 heteroatoms. The number of hydrogen-bond donors (Lipinski definition) is 0. The molecule has 3 aliphatic rings. The van der Waals surface area contributed by atoms with E-state index in [-0.39, 0.29) is 5.69 Å². The predicted octanol–water partition coefficient (Wildman–Crippen LogP) is 2.37. The summed E-state index contributed by atoms with van der Waals surface area (Å²) in [6.07, 6.45) is 2.16. The lowest BCUT2D eigenvalue weighted by Crippen LogP contribution is -2.47. The summed E-state index contributed by atoms with van der Waals surface area (Å²) in [4.78, 5) is 29.5. The second kappa shape index (κ2) is 7.75. The molecule has 2 unspecified atom stereocenters. The zero-order valence-electron chi connectivity index (χ0n) is 15.9. The van der Waals surface area contributed by atoms with Gasteiger partial charge in [0.05, 0.1) is 30.2 Å². The largest absolute Gasteiger partial charge is 0.377 e. The van der Waals surface area contributed by atoms with Gasteiger partial charge in [-0.2, -0.15) is 26.7 Å². The van der Waals surface area contributed by atoms with E-state index in [9.17, 15) is 10.1 Å². The molecule has 29 heavy (non-hydrogen) atoms. The molecule has 0 spiro atoms. The summed E-state index contributed by atoms with van der Waals surface area (Å²) in [5, 5.41) is 11.0. The fourth-order valence-electron chi connectivity index (χ4n) is 4.19. The van der Waals surface area contributed by atoms with Crippen LogP contribution in [-0.4, -0.2) is 69.8 Å². The van der Waals surface area contributed by atoms with Crippen LogP contribution in [0.5, 0.6) is 0 Å². The van der Waals surface area contributed by atoms with Crippen LogP contribution in [0.4, 0.5) is 17.6 Å². The van der Waals surface area contributed by atoms with Crippen molar-refractivity contribution in [3.63, 3.8) is 0 Å². The Morgan fingerprint density at radius 3 is 2.31 bits per heavy atom. The first-order valence-corrected chi connectivity index (χ1v) is 11.0. The summed E-state index contributed by atoms with van der Waals surface area (Å²) in [5.74, 6) is 4.05. The maximum Gasteiger partial charge on any atom is 0.269 e. The molecule has 0 N–H and O–H groups in total. The number of hydrogen-bond acceptors (Lipinski definition) is 9. The first-order chi connectivity index (χ1) is 14.2. The van der Waals surface area contributed by atoms with Crippen molar-refractivity contribution in [3.8, 4) is 11.4 Å². The normalized spacial score (nSPS) is 24.0. The highest BCUT2D eigenvalue weighted by Crippen LogP contribution is 2.34. The molecule has 0 amide bonds. The number of benzene rings is 1. The fraction of sp³-hybridized carbons (Fsp3) is 0.526. The van der Waals surface area contributed by atoms with Crippen LogP contribution in [0.25, 0.3) is 11.4 Å². The Labute approximate surface area is 172 Å². The highest BCUT2D eigenvalue weighted by Gasteiger charge is 2.39. The molecule has 3 aliphatic heterocycles. The Kier molecular flexibility index (Phi) is 4.96. The van der Waals surface area contributed by atoms with Crippen LogP contribution in [0, 0.1) is 10.1 Å². The van der Waals surface area contributed by atoms with Crippen molar-refractivity contribution in [1.29, 1.82) is 0 Å². The van der Waals surface area contributed by atoms with Crippen LogP contribution in [-0.2, 0) is 4.74 Å². The predicted molar refractivity (Wildman–Crippen MR) is 112 cm³/mol. The first kappa shape index (κ1) is 18.6. The third kappa shape index (κ3) is 3.62. The molecule has 2 atom stereocenters. The SMILES string of the molecule is O=[N+]([O-])c1ccc(-c2nc(N3CCSCC3)nc(N3C4CCC3COC4)n2)cc1. The molecule has 5 rings (SSSR count). The van der Waals surface area contributed by atoms with Crippen molar-refractivity contribution >= 4 is 29.3 Å². The molecule has 9 nitrogen and oxygen atoms in total. The number of nitro groups is 1. The number of aromatic nitrogens is 3. The maximum absolute atomic E-state index is 11.0. The minimum absolute atomic E-state index is 0.0579. The van der Waals surface area contributed by atoms with Crippen LogP contribution in [0.1, 0.15) is 12.8 Å². The molecule has 3 saturated heterocycles. The van der Waals surface area contributed by atoms with Crippen LogP contribution in [0.15, 0.2) is 24.3 Å². The zero-order chi connectivity index (χ0) is 19.8. The lowest BCUT2D eigenvalue weighted by molar-refractivity contribution is -0.384. The maximum atomic E-state index is 11.0. The van der Waals surface area contributed by atoms with E-state index in [4.69, 9.17) is 19.7 Å². The second-order valence-corrected chi connectivity index (χ2v) is 8.72. The third-order valence-corrected chi connectivity index (χ3v) is 6.66. The van der Waals surface area contributed by atoms with E-state index in [1.807, 2.05) is 11.8 Å². The highest BCUT2D eigenvalue weighted by molar-refractivity contribution is 7.99. The summed E-state index contributed by atoms with van der Waals surface area (Å²) in [5.41, 5.74) is 0.815. The molecule has 0 aliphatic carbocycles. The Balaban J connectivity index is 1.55. The Morgan fingerprint density at radius 1 is 1.00 bits per heavy atom. The summed E-state index contributed by atoms with van der Waals surface area (Å²) >= 11 is 1.94. The number of nitrogens with zero attached hydrogens (tertiary/aromatic N) is 6. The van der Waals surface area contributed by atoms with Gasteiger partial charge < -0.3 is 14.5 Å². The number of nitro benzene ring substituents is 1. The number of thioether (sulfide) groups is 1. The molecule has 0 radical (unpaired) electrons. The van der Waals surface area contributed by atoms with Gasteiger partial charge in [-0.1, -0.05) is 0 Å². The highest BCUT2D eigenvalue weighted by atomic mass is 32.2. The fourth-order valence-corrected chi connectivity index (χ4v) is 5.09. The Hall–Kier alpha value is -2.46. The van der Waals surface area contributed by atoms with E-state index in [0.717, 1.165) is 43.0 Å². The summed E-state index contributed by atoms with van der Waals surface area (Å²) in [7, 11) is 0. The molecular weight excluding hydrogens is 392 g/mol. The van der Waals surface area contributed by atoms with Gasteiger partial charge in [0.25, 0.3) is 5.69 Å². The van der Waals surface area contributed by atoms with Gasteiger partial charge in [-0.05, 0) is 25.0 Å². The zero-order valence-corrected chi connectivity index (χ0v) is 16.8. The number of non-ortho nitro benzene ring substituents is 1. The van der Waals surface area contributed by atoms with Gasteiger partial charge in [0.2, 0.25) is 11.9 Å². The number of fused-ring (bicyclic) bond motifs is 2. The average Bonchev–Trinajstić information content (AvgIpc) is 3.02. The minimum atomic E-state index is -0.398. The molecule has 1 aromatic carbocycles. The van der Waals surface area contributed by atoms with Crippen molar-refractivity contribution < 1.29 is 9.66 Å². The minimum Gasteiger partial charge on any atom is -0.377 e. The number of morpholine rings is 1. The van der Waals surface area contributed by atoms with Crippen molar-refractivity contribution in [2.24, 2.45) is 0 Å². The van der Waals surface area contributed by atoms with Crippen LogP contribution < -0.4 is 9.80 Å². The summed E-state index contributed by atoms with van der Waals surface area (Å²) < 4.78 is 5.72. The monoisotopic (exact) mass is 414 g/mol. The van der Waals surface area contributed by atoms with E-state index in [1.54, 1.807) is 12.1 Å². The number of ether oxygens (including phenoxy) is 1. The van der Waals surface area contributed by atoms with Crippen molar-refractivity contribution in [2.45, 2.75) is 24.9 Å². The molecule has 0 saturated carbocycles. The van der Waals surface area contributed by atoms with Crippen LogP contribution in [0.2, 0.25) is 0 Å². The lowest BCUT2D eigenvalue weighted by atomic mass is 10.2. The number of anilines is 2. The molecule has 2 bridgehead atoms. The van der Waals surface area contributed by atoms with E-state index in [1.165, 1.54) is 12.1 Å². The molecule has 152 valence electrons. The molecule has 1 aromatic heterocycles. The van der Waals surface area contributed by atoms with Gasteiger partial charge in [-0.3, -0.25) is 10.1 Å². The number of rotatable bonds is 4. The van der Waals surface area contributed by atoms with E-state index in [2.05, 4.69) is 9.80 Å². The standard InChI is InChI=1S/C19H22N6O3S/c26-25(27)14-3-1-13(2-4-14)17-20-18(23-7-9-29-10-8-23)22-19(21-17)24-15-5-6-16(24)12-28-11-15/h1-4,15-16H,5-12H2.